The fourth-order valence-electron chi connectivity index (χ4n) is 1.16. The van der Waals surface area contributed by atoms with Gasteiger partial charge in [0.2, 0.25) is 0 Å². The van der Waals surface area contributed by atoms with Crippen LogP contribution in [0.4, 0.5) is 14.5 Å². The van der Waals surface area contributed by atoms with Crippen molar-refractivity contribution in [2.45, 2.75) is 19.3 Å². The maximum absolute atomic E-state index is 13.3. The van der Waals surface area contributed by atoms with Gasteiger partial charge in [-0.2, -0.15) is 5.26 Å². The zero-order valence-electron chi connectivity index (χ0n) is 7.72. The van der Waals surface area contributed by atoms with E-state index in [-0.39, 0.29) is 17.5 Å². The molecule has 0 aliphatic rings. The molecule has 0 atom stereocenters. The fourth-order valence-corrected chi connectivity index (χ4v) is 1.16. The lowest BCUT2D eigenvalue weighted by atomic mass is 10.00. The van der Waals surface area contributed by atoms with Crippen molar-refractivity contribution in [2.24, 2.45) is 0 Å². The minimum absolute atomic E-state index is 0.0585. The predicted octanol–water partition coefficient (Wildman–Crippen LogP) is 2.64. The first kappa shape index (κ1) is 10.5. The first-order valence-corrected chi connectivity index (χ1v) is 4.19. The minimum Gasteiger partial charge on any atom is -0.399 e. The quantitative estimate of drug-likeness (QED) is 0.739. The van der Waals surface area contributed by atoms with Gasteiger partial charge in [0, 0.05) is 17.7 Å². The number of hydrogen-bond acceptors (Lipinski definition) is 2. The van der Waals surface area contributed by atoms with Gasteiger partial charge in [-0.15, -0.1) is 0 Å². The Morgan fingerprint density at radius 2 is 2.14 bits per heavy atom. The molecular formula is C10H10F2N2. The third-order valence-corrected chi connectivity index (χ3v) is 2.00. The lowest BCUT2D eigenvalue weighted by Crippen LogP contribution is -2.13. The maximum atomic E-state index is 13.3. The Kier molecular flexibility index (Phi) is 2.70. The van der Waals surface area contributed by atoms with Crippen LogP contribution in [0.25, 0.3) is 0 Å². The third kappa shape index (κ3) is 1.82. The Hall–Kier alpha value is -1.63. The molecule has 2 nitrogen and oxygen atoms in total. The number of hydrogen-bond donors (Lipinski definition) is 1. The molecule has 2 N–H and O–H groups in total. The zero-order chi connectivity index (χ0) is 10.8. The van der Waals surface area contributed by atoms with Crippen LogP contribution in [0.5, 0.6) is 0 Å². The molecule has 1 aromatic rings. The molecular weight excluding hydrogens is 186 g/mol. The molecule has 0 aliphatic carbocycles. The number of anilines is 1. The van der Waals surface area contributed by atoms with E-state index in [0.29, 0.717) is 5.69 Å². The molecule has 0 radical (unpaired) electrons. The summed E-state index contributed by atoms with van der Waals surface area (Å²) in [5, 5.41) is 8.66. The average Bonchev–Trinajstić information content (AvgIpc) is 2.17. The van der Waals surface area contributed by atoms with E-state index in [0.717, 1.165) is 0 Å². The van der Waals surface area contributed by atoms with Crippen molar-refractivity contribution in [2.75, 3.05) is 5.73 Å². The molecule has 0 aromatic heterocycles. The number of rotatable bonds is 2. The number of halogens is 2. The number of nitrogen functional groups attached to an aromatic ring is 1. The van der Waals surface area contributed by atoms with Gasteiger partial charge in [-0.3, -0.25) is 0 Å². The highest BCUT2D eigenvalue weighted by atomic mass is 19.3. The Balaban J connectivity index is 3.29. The smallest absolute Gasteiger partial charge is 0.274 e. The molecule has 0 fully saturated rings. The number of alkyl halides is 2. The number of nitriles is 1. The Labute approximate surface area is 81.0 Å². The van der Waals surface area contributed by atoms with Crippen molar-refractivity contribution in [3.8, 4) is 6.07 Å². The lowest BCUT2D eigenvalue weighted by Gasteiger charge is -2.15. The molecule has 0 saturated carbocycles. The van der Waals surface area contributed by atoms with Crippen molar-refractivity contribution < 1.29 is 8.78 Å². The summed E-state index contributed by atoms with van der Waals surface area (Å²) in [6, 6.07) is 5.56. The summed E-state index contributed by atoms with van der Waals surface area (Å²) >= 11 is 0. The molecule has 0 bridgehead atoms. The van der Waals surface area contributed by atoms with Gasteiger partial charge in [0.15, 0.2) is 0 Å². The second-order valence-corrected chi connectivity index (χ2v) is 2.97. The molecule has 14 heavy (non-hydrogen) atoms. The summed E-state index contributed by atoms with van der Waals surface area (Å²) in [4.78, 5) is 0. The highest BCUT2D eigenvalue weighted by Gasteiger charge is 2.31. The summed E-state index contributed by atoms with van der Waals surface area (Å²) in [5.41, 5.74) is 5.40. The van der Waals surface area contributed by atoms with Gasteiger partial charge in [0.1, 0.15) is 0 Å². The van der Waals surface area contributed by atoms with Crippen LogP contribution in [-0.2, 0) is 5.92 Å². The summed E-state index contributed by atoms with van der Waals surface area (Å²) < 4.78 is 26.5. The van der Waals surface area contributed by atoms with Crippen molar-refractivity contribution >= 4 is 5.69 Å². The lowest BCUT2D eigenvalue weighted by molar-refractivity contribution is -0.00852. The molecule has 74 valence electrons. The first-order chi connectivity index (χ1) is 6.51. The van der Waals surface area contributed by atoms with Crippen LogP contribution in [0, 0.1) is 11.3 Å². The molecule has 0 spiro atoms. The Morgan fingerprint density at radius 3 is 2.64 bits per heavy atom. The fraction of sp³-hybridized carbons (Fsp3) is 0.300. The van der Waals surface area contributed by atoms with Crippen LogP contribution in [0.15, 0.2) is 18.2 Å². The SMILES string of the molecule is CCC(F)(F)c1ccc(N)cc1C#N. The van der Waals surface area contributed by atoms with Gasteiger partial charge in [0.25, 0.3) is 5.92 Å². The molecule has 0 heterocycles. The highest BCUT2D eigenvalue weighted by molar-refractivity contribution is 5.51. The zero-order valence-corrected chi connectivity index (χ0v) is 7.72. The van der Waals surface area contributed by atoms with E-state index >= 15 is 0 Å². The second kappa shape index (κ2) is 3.62. The Bertz CT molecular complexity index is 380. The molecule has 4 heteroatoms. The van der Waals surface area contributed by atoms with Gasteiger partial charge in [0.05, 0.1) is 11.6 Å². The third-order valence-electron chi connectivity index (χ3n) is 2.00. The Morgan fingerprint density at radius 1 is 1.50 bits per heavy atom. The largest absolute Gasteiger partial charge is 0.399 e. The van der Waals surface area contributed by atoms with Gasteiger partial charge in [-0.1, -0.05) is 6.92 Å². The van der Waals surface area contributed by atoms with E-state index in [4.69, 9.17) is 11.0 Å². The van der Waals surface area contributed by atoms with Crippen molar-refractivity contribution in [1.29, 1.82) is 5.26 Å². The van der Waals surface area contributed by atoms with Gasteiger partial charge in [-0.05, 0) is 18.2 Å². The molecule has 1 rings (SSSR count). The van der Waals surface area contributed by atoms with E-state index in [1.807, 2.05) is 0 Å². The number of nitrogens with zero attached hydrogens (tertiary/aromatic N) is 1. The second-order valence-electron chi connectivity index (χ2n) is 2.97. The van der Waals surface area contributed by atoms with Crippen molar-refractivity contribution in [1.82, 2.24) is 0 Å². The predicted molar refractivity (Wildman–Crippen MR) is 49.8 cm³/mol. The summed E-state index contributed by atoms with van der Waals surface area (Å²) in [7, 11) is 0. The highest BCUT2D eigenvalue weighted by Crippen LogP contribution is 2.34. The number of nitrogens with two attached hydrogens (primary N) is 1. The molecule has 1 aromatic carbocycles. The van der Waals surface area contributed by atoms with Crippen molar-refractivity contribution in [3.63, 3.8) is 0 Å². The van der Waals surface area contributed by atoms with Crippen LogP contribution >= 0.6 is 0 Å². The first-order valence-electron chi connectivity index (χ1n) is 4.19. The molecule has 0 aliphatic heterocycles. The van der Waals surface area contributed by atoms with E-state index in [2.05, 4.69) is 0 Å². The average molecular weight is 196 g/mol. The monoisotopic (exact) mass is 196 g/mol. The molecule has 0 unspecified atom stereocenters. The summed E-state index contributed by atoms with van der Waals surface area (Å²) in [5.74, 6) is -2.96. The standard InChI is InChI=1S/C10H10F2N2/c1-2-10(11,12)9-4-3-8(14)5-7(9)6-13/h3-5H,2,14H2,1H3. The number of benzene rings is 1. The summed E-state index contributed by atoms with van der Waals surface area (Å²) in [6.45, 7) is 1.37. The van der Waals surface area contributed by atoms with Crippen LogP contribution in [0.1, 0.15) is 24.5 Å². The van der Waals surface area contributed by atoms with Crippen LogP contribution < -0.4 is 5.73 Å². The maximum Gasteiger partial charge on any atom is 0.274 e. The van der Waals surface area contributed by atoms with Gasteiger partial charge >= 0.3 is 0 Å². The topological polar surface area (TPSA) is 49.8 Å². The minimum atomic E-state index is -2.96. The van der Waals surface area contributed by atoms with E-state index < -0.39 is 5.92 Å². The van der Waals surface area contributed by atoms with Crippen LogP contribution in [-0.4, -0.2) is 0 Å². The van der Waals surface area contributed by atoms with E-state index in [9.17, 15) is 8.78 Å². The molecule has 0 saturated heterocycles. The van der Waals surface area contributed by atoms with Crippen LogP contribution in [0.3, 0.4) is 0 Å². The van der Waals surface area contributed by atoms with Crippen molar-refractivity contribution in [3.05, 3.63) is 29.3 Å². The van der Waals surface area contributed by atoms with Gasteiger partial charge < -0.3 is 5.73 Å². The molecule has 0 amide bonds. The summed E-state index contributed by atoms with van der Waals surface area (Å²) in [6.07, 6.45) is -0.328. The van der Waals surface area contributed by atoms with Gasteiger partial charge in [-0.25, -0.2) is 8.78 Å². The van der Waals surface area contributed by atoms with E-state index in [1.165, 1.54) is 25.1 Å². The normalized spacial score (nSPS) is 11.0. The van der Waals surface area contributed by atoms with E-state index in [1.54, 1.807) is 6.07 Å². The van der Waals surface area contributed by atoms with Crippen LogP contribution in [0.2, 0.25) is 0 Å².